The van der Waals surface area contributed by atoms with E-state index in [1.165, 1.54) is 11.3 Å². The van der Waals surface area contributed by atoms with E-state index in [0.29, 0.717) is 10.9 Å². The number of nitrogens with two attached hydrogens (primary N) is 1. The summed E-state index contributed by atoms with van der Waals surface area (Å²) < 4.78 is 5.29. The second kappa shape index (κ2) is 5.50. The Hall–Kier alpha value is -2.08. The molecule has 0 aliphatic rings. The van der Waals surface area contributed by atoms with Crippen molar-refractivity contribution in [2.75, 3.05) is 12.3 Å². The standard InChI is InChI=1S/C12H12N2O3S/c13-12-14-10(7-18-12)8-1-3-9(4-2-8)17-6-5-11(15)16/h1-4,7H,5-6H2,(H2,13,14)(H,15,16). The fraction of sp³-hybridized carbons (Fsp3) is 0.167. The predicted octanol–water partition coefficient (Wildman–Crippen LogP) is 2.25. The molecule has 0 radical (unpaired) electrons. The van der Waals surface area contributed by atoms with Crippen LogP contribution in [-0.4, -0.2) is 22.7 Å². The number of aliphatic carboxylic acids is 1. The Morgan fingerprint density at radius 2 is 2.11 bits per heavy atom. The van der Waals surface area contributed by atoms with Gasteiger partial charge >= 0.3 is 5.97 Å². The highest BCUT2D eigenvalue weighted by molar-refractivity contribution is 7.13. The van der Waals surface area contributed by atoms with Gasteiger partial charge in [0.2, 0.25) is 0 Å². The predicted molar refractivity (Wildman–Crippen MR) is 69.7 cm³/mol. The molecule has 3 N–H and O–H groups in total. The first-order chi connectivity index (χ1) is 8.65. The number of carbonyl (C=O) groups is 1. The van der Waals surface area contributed by atoms with Crippen LogP contribution in [0.1, 0.15) is 6.42 Å². The van der Waals surface area contributed by atoms with Crippen LogP contribution in [0.15, 0.2) is 29.6 Å². The molecule has 5 nitrogen and oxygen atoms in total. The van der Waals surface area contributed by atoms with Gasteiger partial charge < -0.3 is 15.6 Å². The summed E-state index contributed by atoms with van der Waals surface area (Å²) in [6.45, 7) is 0.165. The van der Waals surface area contributed by atoms with Crippen LogP contribution in [-0.2, 0) is 4.79 Å². The number of carboxylic acids is 1. The van der Waals surface area contributed by atoms with Crippen molar-refractivity contribution in [3.63, 3.8) is 0 Å². The van der Waals surface area contributed by atoms with Gasteiger partial charge in [0.25, 0.3) is 0 Å². The summed E-state index contributed by atoms with van der Waals surface area (Å²) in [5.74, 6) is -0.229. The minimum atomic E-state index is -0.871. The van der Waals surface area contributed by atoms with Crippen molar-refractivity contribution in [3.8, 4) is 17.0 Å². The maximum Gasteiger partial charge on any atom is 0.306 e. The lowest BCUT2D eigenvalue weighted by atomic mass is 10.2. The van der Waals surface area contributed by atoms with Crippen molar-refractivity contribution in [1.82, 2.24) is 4.98 Å². The van der Waals surface area contributed by atoms with E-state index in [-0.39, 0.29) is 13.0 Å². The summed E-state index contributed by atoms with van der Waals surface area (Å²) >= 11 is 1.39. The molecule has 6 heteroatoms. The number of hydrogen-bond acceptors (Lipinski definition) is 5. The summed E-state index contributed by atoms with van der Waals surface area (Å²) in [6.07, 6.45) is -0.00955. The summed E-state index contributed by atoms with van der Waals surface area (Å²) in [7, 11) is 0. The Labute approximate surface area is 108 Å². The van der Waals surface area contributed by atoms with Gasteiger partial charge in [0.1, 0.15) is 5.75 Å². The van der Waals surface area contributed by atoms with E-state index in [2.05, 4.69) is 4.98 Å². The first-order valence-electron chi connectivity index (χ1n) is 5.31. The van der Waals surface area contributed by atoms with Gasteiger partial charge in [0.15, 0.2) is 5.13 Å². The third kappa shape index (κ3) is 3.21. The number of aromatic nitrogens is 1. The number of ether oxygens (including phenoxy) is 1. The molecule has 1 aromatic carbocycles. The van der Waals surface area contributed by atoms with E-state index in [1.54, 1.807) is 12.1 Å². The number of benzene rings is 1. The molecule has 2 rings (SSSR count). The first-order valence-corrected chi connectivity index (χ1v) is 6.19. The van der Waals surface area contributed by atoms with Crippen LogP contribution in [0, 0.1) is 0 Å². The molecule has 0 fully saturated rings. The Balaban J connectivity index is 1.99. The van der Waals surface area contributed by atoms with Crippen molar-refractivity contribution in [2.24, 2.45) is 0 Å². The molecule has 94 valence electrons. The number of hydrogen-bond donors (Lipinski definition) is 2. The molecule has 0 aliphatic carbocycles. The smallest absolute Gasteiger partial charge is 0.306 e. The summed E-state index contributed by atoms with van der Waals surface area (Å²) in [5.41, 5.74) is 7.35. The zero-order valence-corrected chi connectivity index (χ0v) is 10.3. The molecule has 0 unspecified atom stereocenters. The van der Waals surface area contributed by atoms with Crippen LogP contribution >= 0.6 is 11.3 Å². The van der Waals surface area contributed by atoms with Crippen LogP contribution in [0.2, 0.25) is 0 Å². The zero-order valence-electron chi connectivity index (χ0n) is 9.50. The second-order valence-corrected chi connectivity index (χ2v) is 4.48. The normalized spacial score (nSPS) is 10.2. The fourth-order valence-electron chi connectivity index (χ4n) is 1.40. The first kappa shape index (κ1) is 12.4. The minimum absolute atomic E-state index is 0.00955. The molecule has 0 saturated carbocycles. The molecule has 18 heavy (non-hydrogen) atoms. The number of rotatable bonds is 5. The van der Waals surface area contributed by atoms with Gasteiger partial charge in [-0.1, -0.05) is 0 Å². The number of nitrogens with zero attached hydrogens (tertiary/aromatic N) is 1. The van der Waals surface area contributed by atoms with Gasteiger partial charge in [-0.15, -0.1) is 11.3 Å². The molecular formula is C12H12N2O3S. The molecule has 0 bridgehead atoms. The molecule has 0 aliphatic heterocycles. The van der Waals surface area contributed by atoms with E-state index in [4.69, 9.17) is 15.6 Å². The van der Waals surface area contributed by atoms with Gasteiger partial charge in [-0.2, -0.15) is 0 Å². The fourth-order valence-corrected chi connectivity index (χ4v) is 1.97. The van der Waals surface area contributed by atoms with E-state index in [9.17, 15) is 4.79 Å². The number of anilines is 1. The summed E-state index contributed by atoms with van der Waals surface area (Å²) in [5, 5.41) is 10.9. The van der Waals surface area contributed by atoms with Crippen LogP contribution in [0.25, 0.3) is 11.3 Å². The highest BCUT2D eigenvalue weighted by Crippen LogP contribution is 2.24. The Morgan fingerprint density at radius 1 is 1.39 bits per heavy atom. The third-order valence-corrected chi connectivity index (χ3v) is 2.93. The average molecular weight is 264 g/mol. The average Bonchev–Trinajstić information content (AvgIpc) is 2.76. The molecule has 1 aromatic heterocycles. The molecule has 0 atom stereocenters. The van der Waals surface area contributed by atoms with Crippen molar-refractivity contribution in [1.29, 1.82) is 0 Å². The van der Waals surface area contributed by atoms with Gasteiger partial charge in [-0.05, 0) is 24.3 Å². The molecule has 2 aromatic rings. The minimum Gasteiger partial charge on any atom is -0.493 e. The molecule has 1 heterocycles. The van der Waals surface area contributed by atoms with Crippen LogP contribution in [0.4, 0.5) is 5.13 Å². The lowest BCUT2D eigenvalue weighted by Gasteiger charge is -2.04. The zero-order chi connectivity index (χ0) is 13.0. The van der Waals surface area contributed by atoms with Crippen molar-refractivity contribution in [2.45, 2.75) is 6.42 Å². The molecule has 0 amide bonds. The number of nitrogen functional groups attached to an aromatic ring is 1. The van der Waals surface area contributed by atoms with E-state index >= 15 is 0 Å². The Kier molecular flexibility index (Phi) is 3.78. The quantitative estimate of drug-likeness (QED) is 0.865. The highest BCUT2D eigenvalue weighted by atomic mass is 32.1. The molecule has 0 saturated heterocycles. The van der Waals surface area contributed by atoms with Gasteiger partial charge in [0, 0.05) is 10.9 Å². The Morgan fingerprint density at radius 3 is 2.67 bits per heavy atom. The van der Waals surface area contributed by atoms with E-state index in [0.717, 1.165) is 11.3 Å². The lowest BCUT2D eigenvalue weighted by molar-refractivity contribution is -0.137. The maximum atomic E-state index is 10.3. The monoisotopic (exact) mass is 264 g/mol. The largest absolute Gasteiger partial charge is 0.493 e. The van der Waals surface area contributed by atoms with Gasteiger partial charge in [-0.3, -0.25) is 4.79 Å². The third-order valence-electron chi connectivity index (χ3n) is 2.26. The SMILES string of the molecule is Nc1nc(-c2ccc(OCCC(=O)O)cc2)cs1. The van der Waals surface area contributed by atoms with Crippen LogP contribution < -0.4 is 10.5 Å². The van der Waals surface area contributed by atoms with Crippen molar-refractivity contribution in [3.05, 3.63) is 29.6 Å². The second-order valence-electron chi connectivity index (χ2n) is 3.59. The topological polar surface area (TPSA) is 85.4 Å². The van der Waals surface area contributed by atoms with E-state index < -0.39 is 5.97 Å². The number of thiazole rings is 1. The molecular weight excluding hydrogens is 252 g/mol. The van der Waals surface area contributed by atoms with Crippen molar-refractivity contribution >= 4 is 22.4 Å². The van der Waals surface area contributed by atoms with Gasteiger partial charge in [-0.25, -0.2) is 4.98 Å². The van der Waals surface area contributed by atoms with Crippen molar-refractivity contribution < 1.29 is 14.6 Å². The number of carboxylic acid groups (broad SMARTS) is 1. The lowest BCUT2D eigenvalue weighted by Crippen LogP contribution is -2.04. The van der Waals surface area contributed by atoms with Crippen LogP contribution in [0.5, 0.6) is 5.75 Å². The van der Waals surface area contributed by atoms with Crippen LogP contribution in [0.3, 0.4) is 0 Å². The Bertz CT molecular complexity index is 537. The highest BCUT2D eigenvalue weighted by Gasteiger charge is 2.03. The van der Waals surface area contributed by atoms with Gasteiger partial charge in [0.05, 0.1) is 18.7 Å². The maximum absolute atomic E-state index is 10.3. The molecule has 0 spiro atoms. The van der Waals surface area contributed by atoms with E-state index in [1.807, 2.05) is 17.5 Å². The summed E-state index contributed by atoms with van der Waals surface area (Å²) in [6, 6.07) is 7.30. The summed E-state index contributed by atoms with van der Waals surface area (Å²) in [4.78, 5) is 14.5.